The number of nitrogens with zero attached hydrogens (tertiary/aromatic N) is 5. The zero-order valence-electron chi connectivity index (χ0n) is 15.2. The number of rotatable bonds is 6. The van der Waals surface area contributed by atoms with E-state index in [2.05, 4.69) is 25.2 Å². The van der Waals surface area contributed by atoms with Crippen LogP contribution in [0.3, 0.4) is 0 Å². The molecule has 1 saturated heterocycles. The summed E-state index contributed by atoms with van der Waals surface area (Å²) in [6.45, 7) is 4.55. The average Bonchev–Trinajstić information content (AvgIpc) is 3.28. The van der Waals surface area contributed by atoms with E-state index in [1.165, 1.54) is 6.92 Å². The van der Waals surface area contributed by atoms with E-state index < -0.39 is 0 Å². The molecular weight excluding hydrogens is 344 g/mol. The predicted molar refractivity (Wildman–Crippen MR) is 99.1 cm³/mol. The monoisotopic (exact) mass is 366 g/mol. The third-order valence-electron chi connectivity index (χ3n) is 4.59. The Labute approximate surface area is 157 Å². The van der Waals surface area contributed by atoms with Crippen LogP contribution in [0.5, 0.6) is 5.75 Å². The molecule has 0 bridgehead atoms. The Morgan fingerprint density at radius 2 is 2.26 bits per heavy atom. The number of amides is 1. The summed E-state index contributed by atoms with van der Waals surface area (Å²) in [5.41, 5.74) is 1.91. The van der Waals surface area contributed by atoms with Gasteiger partial charge in [-0.2, -0.15) is 0 Å². The van der Waals surface area contributed by atoms with Crippen molar-refractivity contribution in [1.29, 1.82) is 0 Å². The second kappa shape index (κ2) is 7.71. The zero-order chi connectivity index (χ0) is 18.6. The Morgan fingerprint density at radius 3 is 3.15 bits per heavy atom. The topological polar surface area (TPSA) is 84.6 Å². The average molecular weight is 366 g/mol. The van der Waals surface area contributed by atoms with Gasteiger partial charge >= 0.3 is 0 Å². The Morgan fingerprint density at radius 1 is 1.33 bits per heavy atom. The van der Waals surface area contributed by atoms with Gasteiger partial charge in [0.1, 0.15) is 11.9 Å². The number of aromatic nitrogens is 4. The van der Waals surface area contributed by atoms with Crippen molar-refractivity contribution in [3.63, 3.8) is 0 Å². The highest BCUT2D eigenvalue weighted by molar-refractivity contribution is 5.72. The van der Waals surface area contributed by atoms with E-state index in [0.29, 0.717) is 6.54 Å². The summed E-state index contributed by atoms with van der Waals surface area (Å²) in [6, 6.07) is 5.65. The van der Waals surface area contributed by atoms with Crippen LogP contribution in [-0.4, -0.2) is 49.4 Å². The van der Waals surface area contributed by atoms with Crippen LogP contribution in [-0.2, 0) is 17.9 Å². The third-order valence-corrected chi connectivity index (χ3v) is 4.59. The van der Waals surface area contributed by atoms with E-state index in [1.807, 2.05) is 35.0 Å². The number of carbonyl (C=O) groups is 1. The number of imidazole rings is 1. The fourth-order valence-electron chi connectivity index (χ4n) is 3.29. The largest absolute Gasteiger partial charge is 0.489 e. The summed E-state index contributed by atoms with van der Waals surface area (Å²) in [4.78, 5) is 26.3. The second-order valence-corrected chi connectivity index (χ2v) is 6.70. The van der Waals surface area contributed by atoms with Gasteiger partial charge in [-0.15, -0.1) is 0 Å². The van der Waals surface area contributed by atoms with E-state index >= 15 is 0 Å². The zero-order valence-corrected chi connectivity index (χ0v) is 15.2. The van der Waals surface area contributed by atoms with Crippen LogP contribution in [0.2, 0.25) is 0 Å². The van der Waals surface area contributed by atoms with Gasteiger partial charge in [0.2, 0.25) is 11.7 Å². The Hall–Kier alpha value is -3.00. The standard InChI is InChI=1S/C19H22N6O2/c1-14(26)22-10-15-9-17(3-6-20-15)27-18-4-8-24(13-18)12-16-11-23-19-21-5-2-7-25(16)19/h2-3,5-7,9,11,18H,4,8,10,12-13H2,1H3,(H,22,26). The molecule has 1 amide bonds. The highest BCUT2D eigenvalue weighted by Crippen LogP contribution is 2.20. The number of hydrogen-bond donors (Lipinski definition) is 1. The predicted octanol–water partition coefficient (Wildman–Crippen LogP) is 1.41. The fourth-order valence-corrected chi connectivity index (χ4v) is 3.29. The molecule has 3 aromatic heterocycles. The van der Waals surface area contributed by atoms with Crippen molar-refractivity contribution in [2.75, 3.05) is 13.1 Å². The maximum absolute atomic E-state index is 11.0. The van der Waals surface area contributed by atoms with Crippen molar-refractivity contribution in [1.82, 2.24) is 29.6 Å². The summed E-state index contributed by atoms with van der Waals surface area (Å²) < 4.78 is 8.15. The van der Waals surface area contributed by atoms with E-state index in [-0.39, 0.29) is 12.0 Å². The minimum absolute atomic E-state index is 0.0721. The molecule has 1 aliphatic heterocycles. The van der Waals surface area contributed by atoms with Crippen LogP contribution in [0.15, 0.2) is 43.0 Å². The maximum atomic E-state index is 11.0. The fraction of sp³-hybridized carbons (Fsp3) is 0.368. The third kappa shape index (κ3) is 4.22. The Bertz CT molecular complexity index is 941. The summed E-state index contributed by atoms with van der Waals surface area (Å²) in [5.74, 6) is 1.44. The first-order valence-corrected chi connectivity index (χ1v) is 9.03. The number of likely N-dealkylation sites (tertiary alicyclic amines) is 1. The summed E-state index contributed by atoms with van der Waals surface area (Å²) in [5, 5.41) is 2.75. The summed E-state index contributed by atoms with van der Waals surface area (Å²) >= 11 is 0. The van der Waals surface area contributed by atoms with E-state index in [4.69, 9.17) is 4.74 Å². The molecule has 1 fully saturated rings. The van der Waals surface area contributed by atoms with Crippen LogP contribution < -0.4 is 10.1 Å². The van der Waals surface area contributed by atoms with Gasteiger partial charge in [0.25, 0.3) is 0 Å². The Kier molecular flexibility index (Phi) is 4.97. The molecule has 8 nitrogen and oxygen atoms in total. The second-order valence-electron chi connectivity index (χ2n) is 6.70. The highest BCUT2D eigenvalue weighted by Gasteiger charge is 2.25. The van der Waals surface area contributed by atoms with Crippen LogP contribution in [0.4, 0.5) is 0 Å². The van der Waals surface area contributed by atoms with Crippen molar-refractivity contribution in [2.45, 2.75) is 32.5 Å². The van der Waals surface area contributed by atoms with Crippen molar-refractivity contribution >= 4 is 11.7 Å². The lowest BCUT2D eigenvalue weighted by atomic mass is 10.3. The first kappa shape index (κ1) is 17.4. The lowest BCUT2D eigenvalue weighted by Gasteiger charge is -2.17. The number of ether oxygens (including phenoxy) is 1. The molecule has 4 heterocycles. The van der Waals surface area contributed by atoms with Gasteiger partial charge < -0.3 is 10.1 Å². The summed E-state index contributed by atoms with van der Waals surface area (Å²) in [7, 11) is 0. The van der Waals surface area contributed by atoms with Crippen LogP contribution in [0.25, 0.3) is 5.78 Å². The molecule has 27 heavy (non-hydrogen) atoms. The minimum Gasteiger partial charge on any atom is -0.489 e. The minimum atomic E-state index is -0.0721. The molecule has 1 unspecified atom stereocenters. The van der Waals surface area contributed by atoms with Gasteiger partial charge in [-0.25, -0.2) is 9.97 Å². The van der Waals surface area contributed by atoms with Crippen LogP contribution in [0, 0.1) is 0 Å². The molecule has 1 N–H and O–H groups in total. The number of nitrogens with one attached hydrogen (secondary N) is 1. The number of fused-ring (bicyclic) bond motifs is 1. The van der Waals surface area contributed by atoms with E-state index in [9.17, 15) is 4.79 Å². The molecule has 1 atom stereocenters. The molecule has 0 radical (unpaired) electrons. The molecule has 0 saturated carbocycles. The quantitative estimate of drug-likeness (QED) is 0.710. The molecule has 0 spiro atoms. The molecule has 0 aliphatic carbocycles. The van der Waals surface area contributed by atoms with Crippen LogP contribution in [0.1, 0.15) is 24.7 Å². The molecule has 4 rings (SSSR count). The van der Waals surface area contributed by atoms with Gasteiger partial charge in [-0.05, 0) is 18.6 Å². The maximum Gasteiger partial charge on any atom is 0.233 e. The smallest absolute Gasteiger partial charge is 0.233 e. The first-order chi connectivity index (χ1) is 13.2. The molecular formula is C19H22N6O2. The number of carbonyl (C=O) groups excluding carboxylic acids is 1. The summed E-state index contributed by atoms with van der Waals surface area (Å²) in [6.07, 6.45) is 8.44. The molecule has 1 aliphatic rings. The lowest BCUT2D eigenvalue weighted by Crippen LogP contribution is -2.25. The molecule has 0 aromatic carbocycles. The van der Waals surface area contributed by atoms with Crippen molar-refractivity contribution < 1.29 is 9.53 Å². The van der Waals surface area contributed by atoms with Gasteiger partial charge in [-0.1, -0.05) is 0 Å². The number of pyridine rings is 1. The van der Waals surface area contributed by atoms with Crippen molar-refractivity contribution in [2.24, 2.45) is 0 Å². The molecule has 140 valence electrons. The molecule has 3 aromatic rings. The van der Waals surface area contributed by atoms with Crippen molar-refractivity contribution in [3.8, 4) is 5.75 Å². The molecule has 8 heteroatoms. The van der Waals surface area contributed by atoms with Crippen molar-refractivity contribution in [3.05, 3.63) is 54.4 Å². The first-order valence-electron chi connectivity index (χ1n) is 9.03. The van der Waals surface area contributed by atoms with Gasteiger partial charge in [0.05, 0.1) is 24.1 Å². The van der Waals surface area contributed by atoms with Gasteiger partial charge in [0, 0.05) is 51.2 Å². The lowest BCUT2D eigenvalue weighted by molar-refractivity contribution is -0.119. The van der Waals surface area contributed by atoms with Gasteiger partial charge in [0.15, 0.2) is 0 Å². The van der Waals surface area contributed by atoms with Gasteiger partial charge in [-0.3, -0.25) is 19.1 Å². The highest BCUT2D eigenvalue weighted by atomic mass is 16.5. The van der Waals surface area contributed by atoms with E-state index in [1.54, 1.807) is 12.4 Å². The van der Waals surface area contributed by atoms with Crippen LogP contribution >= 0.6 is 0 Å². The number of hydrogen-bond acceptors (Lipinski definition) is 6. The normalized spacial score (nSPS) is 17.3. The Balaban J connectivity index is 1.34. The SMILES string of the molecule is CC(=O)NCc1cc(OC2CCN(Cc3cnc4ncccn34)C2)ccn1. The van der Waals surface area contributed by atoms with E-state index in [0.717, 1.165) is 49.0 Å².